The molecule has 0 fully saturated rings. The predicted octanol–water partition coefficient (Wildman–Crippen LogP) is 5.10. The first kappa shape index (κ1) is 16.8. The van der Waals surface area contributed by atoms with Crippen LogP contribution in [0.5, 0.6) is 5.75 Å². The molecule has 130 valence electrons. The molecule has 4 rings (SSSR count). The highest BCUT2D eigenvalue weighted by atomic mass is 35.5. The molecule has 26 heavy (non-hydrogen) atoms. The summed E-state index contributed by atoms with van der Waals surface area (Å²) in [5, 5.41) is 18.9. The fourth-order valence-electron chi connectivity index (χ4n) is 3.04. The summed E-state index contributed by atoms with van der Waals surface area (Å²) in [5.74, 6) is -0.00810. The zero-order valence-electron chi connectivity index (χ0n) is 13.7. The summed E-state index contributed by atoms with van der Waals surface area (Å²) in [5.41, 5.74) is 2.39. The molecule has 1 aliphatic heterocycles. The van der Waals surface area contributed by atoms with E-state index in [2.05, 4.69) is 5.10 Å². The molecule has 6 heteroatoms. The molecule has 2 aromatic carbocycles. The van der Waals surface area contributed by atoms with Crippen molar-refractivity contribution < 1.29 is 9.90 Å². The third-order valence-corrected chi connectivity index (χ3v) is 5.43. The van der Waals surface area contributed by atoms with Gasteiger partial charge in [-0.3, -0.25) is 4.79 Å². The Bertz CT molecular complexity index is 968. The third kappa shape index (κ3) is 3.11. The molecular weight excluding hydrogens is 368 g/mol. The minimum atomic E-state index is -0.350. The van der Waals surface area contributed by atoms with E-state index in [4.69, 9.17) is 11.6 Å². The Morgan fingerprint density at radius 1 is 1.12 bits per heavy atom. The van der Waals surface area contributed by atoms with E-state index in [-0.39, 0.29) is 17.7 Å². The molecule has 1 atom stereocenters. The Kier molecular flexibility index (Phi) is 4.49. The summed E-state index contributed by atoms with van der Waals surface area (Å²) in [4.78, 5) is 13.6. The van der Waals surface area contributed by atoms with Crippen molar-refractivity contribution in [2.75, 3.05) is 0 Å². The fraction of sp³-hybridized carbons (Fsp3) is 0.100. The summed E-state index contributed by atoms with van der Waals surface area (Å²) >= 11 is 7.35. The first-order valence-corrected chi connectivity index (χ1v) is 9.37. The maximum atomic E-state index is 13.0. The number of carbonyl (C=O) groups excluding carboxylic acids is 1. The average Bonchev–Trinajstić information content (AvgIpc) is 3.32. The van der Waals surface area contributed by atoms with Crippen molar-refractivity contribution >= 4 is 34.6 Å². The molecule has 0 spiro atoms. The molecule has 1 amide bonds. The van der Waals surface area contributed by atoms with Gasteiger partial charge in [-0.2, -0.15) is 5.10 Å². The molecule has 0 radical (unpaired) electrons. The van der Waals surface area contributed by atoms with Gasteiger partial charge in [0.1, 0.15) is 5.75 Å². The van der Waals surface area contributed by atoms with Gasteiger partial charge in [-0.05, 0) is 35.2 Å². The molecule has 0 saturated heterocycles. The zero-order chi connectivity index (χ0) is 18.1. The number of benzene rings is 2. The number of halogens is 1. The van der Waals surface area contributed by atoms with Crippen LogP contribution in [0.1, 0.15) is 33.3 Å². The number of rotatable bonds is 3. The van der Waals surface area contributed by atoms with Crippen molar-refractivity contribution in [3.8, 4) is 5.75 Å². The minimum absolute atomic E-state index is 0.161. The highest BCUT2D eigenvalue weighted by molar-refractivity contribution is 7.12. The molecule has 3 aromatic rings. The Morgan fingerprint density at radius 3 is 2.58 bits per heavy atom. The molecule has 1 N–H and O–H groups in total. The fourth-order valence-corrected chi connectivity index (χ4v) is 3.82. The van der Waals surface area contributed by atoms with E-state index in [0.29, 0.717) is 21.9 Å². The molecule has 4 nitrogen and oxygen atoms in total. The van der Waals surface area contributed by atoms with Gasteiger partial charge in [-0.15, -0.1) is 11.3 Å². The lowest BCUT2D eigenvalue weighted by Gasteiger charge is -2.22. The van der Waals surface area contributed by atoms with Crippen molar-refractivity contribution in [1.82, 2.24) is 5.01 Å². The van der Waals surface area contributed by atoms with Gasteiger partial charge in [0.05, 0.1) is 16.6 Å². The summed E-state index contributed by atoms with van der Waals surface area (Å²) in [6, 6.07) is 17.7. The van der Waals surface area contributed by atoms with E-state index in [0.717, 1.165) is 11.3 Å². The van der Waals surface area contributed by atoms with E-state index in [1.807, 2.05) is 35.7 Å². The van der Waals surface area contributed by atoms with Crippen LogP contribution in [0.25, 0.3) is 0 Å². The number of amides is 1. The van der Waals surface area contributed by atoms with Crippen LogP contribution in [0.2, 0.25) is 5.02 Å². The molecular formula is C20H15ClN2O2S. The van der Waals surface area contributed by atoms with Gasteiger partial charge in [-0.25, -0.2) is 5.01 Å². The van der Waals surface area contributed by atoms with E-state index in [1.54, 1.807) is 30.3 Å². The van der Waals surface area contributed by atoms with E-state index >= 15 is 0 Å². The van der Waals surface area contributed by atoms with Crippen LogP contribution in [-0.2, 0) is 0 Å². The number of nitrogens with zero attached hydrogens (tertiary/aromatic N) is 2. The highest BCUT2D eigenvalue weighted by Crippen LogP contribution is 2.38. The molecule has 0 saturated carbocycles. The van der Waals surface area contributed by atoms with Gasteiger partial charge in [0.2, 0.25) is 0 Å². The number of aromatic hydroxyl groups is 1. The lowest BCUT2D eigenvalue weighted by atomic mass is 9.97. The Morgan fingerprint density at radius 2 is 1.88 bits per heavy atom. The maximum Gasteiger partial charge on any atom is 0.284 e. The van der Waals surface area contributed by atoms with Crippen molar-refractivity contribution in [3.05, 3.63) is 87.1 Å². The monoisotopic (exact) mass is 382 g/mol. The number of carbonyl (C=O) groups is 1. The highest BCUT2D eigenvalue weighted by Gasteiger charge is 2.35. The number of hydrazone groups is 1. The largest absolute Gasteiger partial charge is 0.508 e. The van der Waals surface area contributed by atoms with E-state index < -0.39 is 0 Å². The van der Waals surface area contributed by atoms with Gasteiger partial charge in [0, 0.05) is 17.0 Å². The van der Waals surface area contributed by atoms with E-state index in [1.165, 1.54) is 16.3 Å². The average molecular weight is 383 g/mol. The topological polar surface area (TPSA) is 52.9 Å². The summed E-state index contributed by atoms with van der Waals surface area (Å²) < 4.78 is 0. The Labute approximate surface area is 160 Å². The van der Waals surface area contributed by atoms with Crippen LogP contribution in [-0.4, -0.2) is 21.7 Å². The normalized spacial score (nSPS) is 16.6. The van der Waals surface area contributed by atoms with Crippen LogP contribution in [0.3, 0.4) is 0 Å². The van der Waals surface area contributed by atoms with Crippen molar-refractivity contribution in [2.24, 2.45) is 5.10 Å². The smallest absolute Gasteiger partial charge is 0.284 e. The second-order valence-electron chi connectivity index (χ2n) is 5.96. The zero-order valence-corrected chi connectivity index (χ0v) is 15.2. The number of hydrogen-bond acceptors (Lipinski definition) is 4. The van der Waals surface area contributed by atoms with Gasteiger partial charge in [-0.1, -0.05) is 48.0 Å². The van der Waals surface area contributed by atoms with Gasteiger partial charge in [0.15, 0.2) is 0 Å². The predicted molar refractivity (Wildman–Crippen MR) is 104 cm³/mol. The van der Waals surface area contributed by atoms with Crippen LogP contribution in [0.15, 0.2) is 71.1 Å². The number of hydrogen-bond donors (Lipinski definition) is 1. The Hall–Kier alpha value is -2.63. The first-order valence-electron chi connectivity index (χ1n) is 8.12. The lowest BCUT2D eigenvalue weighted by molar-refractivity contribution is 0.0714. The number of para-hydroxylation sites is 1. The lowest BCUT2D eigenvalue weighted by Crippen LogP contribution is -2.26. The SMILES string of the molecule is O=C(c1cccs1)N1N=C(c2ccc(Cl)cc2)CC1c1ccccc1O. The molecule has 1 unspecified atom stereocenters. The maximum absolute atomic E-state index is 13.0. The van der Waals surface area contributed by atoms with Crippen LogP contribution < -0.4 is 0 Å². The number of thiophene rings is 1. The third-order valence-electron chi connectivity index (χ3n) is 4.32. The van der Waals surface area contributed by atoms with E-state index in [9.17, 15) is 9.90 Å². The van der Waals surface area contributed by atoms with Crippen molar-refractivity contribution in [3.63, 3.8) is 0 Å². The van der Waals surface area contributed by atoms with Crippen molar-refractivity contribution in [2.45, 2.75) is 12.5 Å². The molecule has 1 aliphatic rings. The quantitative estimate of drug-likeness (QED) is 0.685. The summed E-state index contributed by atoms with van der Waals surface area (Å²) in [6.07, 6.45) is 0.524. The van der Waals surface area contributed by atoms with Gasteiger partial charge < -0.3 is 5.11 Å². The summed E-state index contributed by atoms with van der Waals surface area (Å²) in [6.45, 7) is 0. The first-order chi connectivity index (χ1) is 12.6. The van der Waals surface area contributed by atoms with Gasteiger partial charge >= 0.3 is 0 Å². The molecule has 1 aromatic heterocycles. The number of phenolic OH excluding ortho intramolecular Hbond substituents is 1. The standard InChI is InChI=1S/C20H15ClN2O2S/c21-14-9-7-13(8-10-14)16-12-17(15-4-1-2-5-18(15)24)23(22-16)20(25)19-6-3-11-26-19/h1-11,17,24H,12H2. The van der Waals surface area contributed by atoms with Crippen LogP contribution in [0.4, 0.5) is 0 Å². The minimum Gasteiger partial charge on any atom is -0.508 e. The molecule has 0 aliphatic carbocycles. The number of phenols is 1. The molecule has 2 heterocycles. The van der Waals surface area contributed by atoms with Crippen LogP contribution >= 0.6 is 22.9 Å². The second kappa shape index (κ2) is 6.94. The summed E-state index contributed by atoms with van der Waals surface area (Å²) in [7, 11) is 0. The van der Waals surface area contributed by atoms with Crippen molar-refractivity contribution in [1.29, 1.82) is 0 Å². The Balaban J connectivity index is 1.75. The van der Waals surface area contributed by atoms with Gasteiger partial charge in [0.25, 0.3) is 5.91 Å². The second-order valence-corrected chi connectivity index (χ2v) is 7.34. The van der Waals surface area contributed by atoms with Crippen LogP contribution in [0, 0.1) is 0 Å². The molecule has 0 bridgehead atoms.